The van der Waals surface area contributed by atoms with Crippen LogP contribution in [0.4, 0.5) is 5.82 Å². The third kappa shape index (κ3) is 2.94. The number of nitrogens with one attached hydrogen (secondary N) is 1. The maximum Gasteiger partial charge on any atom is 0.136 e. The van der Waals surface area contributed by atoms with Gasteiger partial charge in [0.25, 0.3) is 0 Å². The minimum absolute atomic E-state index is 0.403. The summed E-state index contributed by atoms with van der Waals surface area (Å²) < 4.78 is 0. The topological polar surface area (TPSA) is 41.1 Å². The highest BCUT2D eigenvalue weighted by Gasteiger charge is 2.30. The zero-order valence-corrected chi connectivity index (χ0v) is 11.0. The second-order valence-corrected chi connectivity index (χ2v) is 5.49. The second-order valence-electron chi connectivity index (χ2n) is 5.49. The van der Waals surface area contributed by atoms with E-state index in [-0.39, 0.29) is 0 Å². The summed E-state index contributed by atoms with van der Waals surface area (Å²) in [4.78, 5) is 11.0. The van der Waals surface area contributed by atoms with Crippen LogP contribution in [0.2, 0.25) is 0 Å². The first-order valence-electron chi connectivity index (χ1n) is 6.37. The third-order valence-electron chi connectivity index (χ3n) is 3.31. The number of hydrogen-bond donors (Lipinski definition) is 1. The molecule has 2 heterocycles. The van der Waals surface area contributed by atoms with Crippen LogP contribution in [0.5, 0.6) is 0 Å². The molecule has 0 amide bonds. The van der Waals surface area contributed by atoms with Crippen molar-refractivity contribution in [3.05, 3.63) is 18.1 Å². The molecule has 1 aliphatic heterocycles. The summed E-state index contributed by atoms with van der Waals surface area (Å²) >= 11 is 0. The van der Waals surface area contributed by atoms with E-state index in [2.05, 4.69) is 41.0 Å². The highest BCUT2D eigenvalue weighted by molar-refractivity contribution is 5.46. The van der Waals surface area contributed by atoms with E-state index in [0.717, 1.165) is 32.0 Å². The number of hydrogen-bond acceptors (Lipinski definition) is 4. The van der Waals surface area contributed by atoms with Crippen molar-refractivity contribution in [3.8, 4) is 0 Å². The fourth-order valence-corrected chi connectivity index (χ4v) is 2.31. The predicted molar refractivity (Wildman–Crippen MR) is 70.0 cm³/mol. The molecule has 0 bridgehead atoms. The number of rotatable bonds is 4. The molecule has 0 aromatic carbocycles. The average molecular weight is 234 g/mol. The van der Waals surface area contributed by atoms with Gasteiger partial charge < -0.3 is 10.2 Å². The molecule has 0 saturated carbocycles. The number of aromatic nitrogens is 2. The zero-order chi connectivity index (χ0) is 12.3. The normalized spacial score (nSPS) is 18.6. The SMILES string of the molecule is CCNCc1cncnc1N1CCC(C)(C)C1. The summed E-state index contributed by atoms with van der Waals surface area (Å²) in [5.41, 5.74) is 1.60. The lowest BCUT2D eigenvalue weighted by atomic mass is 9.93. The van der Waals surface area contributed by atoms with E-state index in [1.54, 1.807) is 6.33 Å². The lowest BCUT2D eigenvalue weighted by molar-refractivity contribution is 0.418. The van der Waals surface area contributed by atoms with Crippen LogP contribution in [-0.2, 0) is 6.54 Å². The Morgan fingerprint density at radius 1 is 1.47 bits per heavy atom. The maximum absolute atomic E-state index is 4.45. The van der Waals surface area contributed by atoms with Crippen molar-refractivity contribution in [3.63, 3.8) is 0 Å². The van der Waals surface area contributed by atoms with E-state index in [4.69, 9.17) is 0 Å². The summed E-state index contributed by atoms with van der Waals surface area (Å²) in [6.45, 7) is 10.8. The molecule has 1 N–H and O–H groups in total. The standard InChI is InChI=1S/C13H22N4/c1-4-14-7-11-8-15-10-16-12(11)17-6-5-13(2,3)9-17/h8,10,14H,4-7,9H2,1-3H3. The molecular formula is C13H22N4. The highest BCUT2D eigenvalue weighted by Crippen LogP contribution is 2.32. The lowest BCUT2D eigenvalue weighted by Crippen LogP contribution is -2.26. The fraction of sp³-hybridized carbons (Fsp3) is 0.692. The van der Waals surface area contributed by atoms with E-state index < -0.39 is 0 Å². The van der Waals surface area contributed by atoms with Crippen LogP contribution in [-0.4, -0.2) is 29.6 Å². The smallest absolute Gasteiger partial charge is 0.136 e. The Bertz CT molecular complexity index is 375. The lowest BCUT2D eigenvalue weighted by Gasteiger charge is -2.22. The number of anilines is 1. The Labute approximate surface area is 103 Å². The first-order chi connectivity index (χ1) is 8.12. The minimum Gasteiger partial charge on any atom is -0.356 e. The van der Waals surface area contributed by atoms with Crippen molar-refractivity contribution in [2.45, 2.75) is 33.7 Å². The van der Waals surface area contributed by atoms with Crippen LogP contribution in [0.15, 0.2) is 12.5 Å². The van der Waals surface area contributed by atoms with E-state index in [0.29, 0.717) is 5.41 Å². The van der Waals surface area contributed by atoms with Crippen LogP contribution < -0.4 is 10.2 Å². The van der Waals surface area contributed by atoms with Crippen molar-refractivity contribution < 1.29 is 0 Å². The van der Waals surface area contributed by atoms with Gasteiger partial charge >= 0.3 is 0 Å². The van der Waals surface area contributed by atoms with Crippen molar-refractivity contribution in [1.82, 2.24) is 15.3 Å². The van der Waals surface area contributed by atoms with Crippen molar-refractivity contribution in [1.29, 1.82) is 0 Å². The van der Waals surface area contributed by atoms with Crippen molar-refractivity contribution in [2.75, 3.05) is 24.5 Å². The van der Waals surface area contributed by atoms with Crippen molar-refractivity contribution >= 4 is 5.82 Å². The van der Waals surface area contributed by atoms with Gasteiger partial charge in [-0.05, 0) is 18.4 Å². The van der Waals surface area contributed by atoms with Crippen LogP contribution in [0.25, 0.3) is 0 Å². The average Bonchev–Trinajstić information content (AvgIpc) is 2.67. The molecule has 1 aliphatic rings. The summed E-state index contributed by atoms with van der Waals surface area (Å²) in [6.07, 6.45) is 4.81. The Morgan fingerprint density at radius 3 is 2.94 bits per heavy atom. The van der Waals surface area contributed by atoms with Gasteiger partial charge in [-0.3, -0.25) is 0 Å². The molecule has 4 heteroatoms. The van der Waals surface area contributed by atoms with E-state index in [9.17, 15) is 0 Å². The minimum atomic E-state index is 0.403. The van der Waals surface area contributed by atoms with Crippen LogP contribution in [0, 0.1) is 5.41 Å². The largest absolute Gasteiger partial charge is 0.356 e. The van der Waals surface area contributed by atoms with Gasteiger partial charge in [-0.15, -0.1) is 0 Å². The molecule has 4 nitrogen and oxygen atoms in total. The van der Waals surface area contributed by atoms with E-state index in [1.807, 2.05) is 6.20 Å². The molecule has 0 atom stereocenters. The molecule has 17 heavy (non-hydrogen) atoms. The van der Waals surface area contributed by atoms with Crippen LogP contribution in [0.3, 0.4) is 0 Å². The first kappa shape index (κ1) is 12.3. The summed E-state index contributed by atoms with van der Waals surface area (Å²) in [5, 5.41) is 3.34. The molecule has 1 saturated heterocycles. The predicted octanol–water partition coefficient (Wildman–Crippen LogP) is 1.82. The molecule has 1 fully saturated rings. The Balaban J connectivity index is 2.15. The van der Waals surface area contributed by atoms with Crippen LogP contribution >= 0.6 is 0 Å². The second kappa shape index (κ2) is 5.00. The van der Waals surface area contributed by atoms with Gasteiger partial charge in [0.2, 0.25) is 0 Å². The summed E-state index contributed by atoms with van der Waals surface area (Å²) in [5.74, 6) is 1.10. The zero-order valence-electron chi connectivity index (χ0n) is 11.0. The van der Waals surface area contributed by atoms with Gasteiger partial charge in [-0.2, -0.15) is 0 Å². The highest BCUT2D eigenvalue weighted by atomic mass is 15.2. The van der Waals surface area contributed by atoms with Gasteiger partial charge in [0, 0.05) is 31.4 Å². The van der Waals surface area contributed by atoms with Crippen molar-refractivity contribution in [2.24, 2.45) is 5.41 Å². The van der Waals surface area contributed by atoms with Gasteiger partial charge in [0.05, 0.1) is 0 Å². The molecule has 1 aromatic heterocycles. The summed E-state index contributed by atoms with van der Waals surface area (Å²) in [7, 11) is 0. The molecule has 0 radical (unpaired) electrons. The molecule has 0 unspecified atom stereocenters. The van der Waals surface area contributed by atoms with Gasteiger partial charge in [0.15, 0.2) is 0 Å². The Kier molecular flexibility index (Phi) is 3.62. The maximum atomic E-state index is 4.45. The Morgan fingerprint density at radius 2 is 2.29 bits per heavy atom. The number of nitrogens with zero attached hydrogens (tertiary/aromatic N) is 3. The van der Waals surface area contributed by atoms with E-state index in [1.165, 1.54) is 12.0 Å². The molecular weight excluding hydrogens is 212 g/mol. The quantitative estimate of drug-likeness (QED) is 0.863. The van der Waals surface area contributed by atoms with Gasteiger partial charge in [-0.1, -0.05) is 20.8 Å². The van der Waals surface area contributed by atoms with Gasteiger partial charge in [0.1, 0.15) is 12.1 Å². The van der Waals surface area contributed by atoms with E-state index >= 15 is 0 Å². The Hall–Kier alpha value is -1.16. The fourth-order valence-electron chi connectivity index (χ4n) is 2.31. The van der Waals surface area contributed by atoms with Gasteiger partial charge in [-0.25, -0.2) is 9.97 Å². The first-order valence-corrected chi connectivity index (χ1v) is 6.37. The molecule has 0 spiro atoms. The summed E-state index contributed by atoms with van der Waals surface area (Å²) in [6, 6.07) is 0. The molecule has 94 valence electrons. The third-order valence-corrected chi connectivity index (χ3v) is 3.31. The molecule has 2 rings (SSSR count). The monoisotopic (exact) mass is 234 g/mol. The molecule has 1 aromatic rings. The van der Waals surface area contributed by atoms with Crippen LogP contribution in [0.1, 0.15) is 32.8 Å². The molecule has 0 aliphatic carbocycles.